The molecule has 0 spiro atoms. The molecule has 0 unspecified atom stereocenters. The van der Waals surface area contributed by atoms with E-state index in [1.54, 1.807) is 32.4 Å². The van der Waals surface area contributed by atoms with Crippen molar-refractivity contribution in [3.05, 3.63) is 53.5 Å². The minimum Gasteiger partial charge on any atom is -0.493 e. The number of hydrogen-bond donors (Lipinski definition) is 0. The van der Waals surface area contributed by atoms with Crippen molar-refractivity contribution in [3.63, 3.8) is 0 Å². The number of benzene rings is 1. The van der Waals surface area contributed by atoms with Crippen LogP contribution in [0.25, 0.3) is 0 Å². The summed E-state index contributed by atoms with van der Waals surface area (Å²) in [7, 11) is 3.18. The van der Waals surface area contributed by atoms with Crippen LogP contribution < -0.4 is 9.47 Å². The van der Waals surface area contributed by atoms with Crippen molar-refractivity contribution in [3.8, 4) is 17.6 Å². The zero-order chi connectivity index (χ0) is 17.6. The molecule has 3 aromatic rings. The Hall–Kier alpha value is -3.05. The number of aromatic nitrogens is 3. The first-order valence-corrected chi connectivity index (χ1v) is 8.11. The zero-order valence-corrected chi connectivity index (χ0v) is 14.4. The summed E-state index contributed by atoms with van der Waals surface area (Å²) >= 11 is 1.22. The fourth-order valence-corrected chi connectivity index (χ4v) is 2.83. The molecular weight excluding hydrogens is 340 g/mol. The Morgan fingerprint density at radius 3 is 2.72 bits per heavy atom. The van der Waals surface area contributed by atoms with Crippen LogP contribution in [0.1, 0.15) is 17.1 Å². The normalized spacial score (nSPS) is 10.3. The quantitative estimate of drug-likeness (QED) is 0.666. The van der Waals surface area contributed by atoms with Gasteiger partial charge in [0.1, 0.15) is 16.8 Å². The lowest BCUT2D eigenvalue weighted by Crippen LogP contribution is -1.94. The molecule has 2 heterocycles. The van der Waals surface area contributed by atoms with Crippen LogP contribution >= 0.6 is 11.8 Å². The van der Waals surface area contributed by atoms with Gasteiger partial charge in [-0.3, -0.25) is 0 Å². The van der Waals surface area contributed by atoms with E-state index in [1.165, 1.54) is 11.8 Å². The summed E-state index contributed by atoms with van der Waals surface area (Å²) in [6, 6.07) is 12.8. The van der Waals surface area contributed by atoms with Crippen LogP contribution in [0.4, 0.5) is 0 Å². The predicted molar refractivity (Wildman–Crippen MR) is 89.7 cm³/mol. The minimum atomic E-state index is 0.343. The molecule has 0 fully saturated rings. The molecule has 0 atom stereocenters. The van der Waals surface area contributed by atoms with E-state index < -0.39 is 0 Å². The number of hydrogen-bond acceptors (Lipinski definition) is 8. The van der Waals surface area contributed by atoms with Gasteiger partial charge in [0.25, 0.3) is 5.22 Å². The molecule has 0 N–H and O–H groups in total. The first kappa shape index (κ1) is 16.8. The van der Waals surface area contributed by atoms with Crippen LogP contribution in [0, 0.1) is 11.3 Å². The third-order valence-electron chi connectivity index (χ3n) is 3.28. The van der Waals surface area contributed by atoms with Crippen molar-refractivity contribution >= 4 is 11.8 Å². The monoisotopic (exact) mass is 354 g/mol. The molecule has 126 valence electrons. The Kier molecular flexibility index (Phi) is 5.16. The highest BCUT2D eigenvalue weighted by Crippen LogP contribution is 2.29. The molecule has 2 aromatic heterocycles. The minimum absolute atomic E-state index is 0.343. The Morgan fingerprint density at radius 2 is 1.96 bits per heavy atom. The van der Waals surface area contributed by atoms with Gasteiger partial charge in [0.05, 0.1) is 20.6 Å². The number of methoxy groups -OCH3 is 2. The fraction of sp³-hybridized carbons (Fsp3) is 0.176. The molecular formula is C17H14N4O3S. The SMILES string of the molecule is COc1ccc(Cc2nnc(Sc3cccc(C#N)n3)o2)cc1OC. The van der Waals surface area contributed by atoms with Gasteiger partial charge in [0, 0.05) is 0 Å². The number of nitriles is 1. The van der Waals surface area contributed by atoms with Gasteiger partial charge in [-0.1, -0.05) is 12.1 Å². The van der Waals surface area contributed by atoms with Gasteiger partial charge in [0.15, 0.2) is 11.5 Å². The van der Waals surface area contributed by atoms with Crippen LogP contribution in [0.2, 0.25) is 0 Å². The number of pyridine rings is 1. The van der Waals surface area contributed by atoms with E-state index in [0.29, 0.717) is 39.8 Å². The second kappa shape index (κ2) is 7.68. The number of rotatable bonds is 6. The molecule has 0 saturated heterocycles. The summed E-state index contributed by atoms with van der Waals surface area (Å²) in [6.45, 7) is 0. The van der Waals surface area contributed by atoms with Crippen molar-refractivity contribution < 1.29 is 13.9 Å². The Bertz CT molecular complexity index is 920. The van der Waals surface area contributed by atoms with Gasteiger partial charge in [-0.15, -0.1) is 10.2 Å². The summed E-state index contributed by atoms with van der Waals surface area (Å²) in [5.74, 6) is 1.79. The van der Waals surface area contributed by atoms with E-state index >= 15 is 0 Å². The lowest BCUT2D eigenvalue weighted by Gasteiger charge is -2.08. The molecule has 8 heteroatoms. The van der Waals surface area contributed by atoms with Gasteiger partial charge in [0.2, 0.25) is 5.89 Å². The van der Waals surface area contributed by atoms with Crippen molar-refractivity contribution in [1.29, 1.82) is 5.26 Å². The molecule has 0 radical (unpaired) electrons. The molecule has 25 heavy (non-hydrogen) atoms. The first-order chi connectivity index (χ1) is 12.2. The average Bonchev–Trinajstić information content (AvgIpc) is 3.08. The summed E-state index contributed by atoms with van der Waals surface area (Å²) in [4.78, 5) is 4.17. The summed E-state index contributed by atoms with van der Waals surface area (Å²) in [5, 5.41) is 17.9. The van der Waals surface area contributed by atoms with Gasteiger partial charge in [-0.25, -0.2) is 4.98 Å². The fourth-order valence-electron chi connectivity index (χ4n) is 2.14. The van der Waals surface area contributed by atoms with E-state index in [9.17, 15) is 0 Å². The average molecular weight is 354 g/mol. The lowest BCUT2D eigenvalue weighted by atomic mass is 10.1. The maximum absolute atomic E-state index is 8.88. The van der Waals surface area contributed by atoms with Gasteiger partial charge >= 0.3 is 0 Å². The molecule has 0 amide bonds. The van der Waals surface area contributed by atoms with Gasteiger partial charge in [-0.2, -0.15) is 5.26 Å². The maximum atomic E-state index is 8.88. The van der Waals surface area contributed by atoms with E-state index in [-0.39, 0.29) is 0 Å². The third kappa shape index (κ3) is 4.08. The Balaban J connectivity index is 1.72. The maximum Gasteiger partial charge on any atom is 0.282 e. The summed E-state index contributed by atoms with van der Waals surface area (Å²) < 4.78 is 16.2. The molecule has 3 rings (SSSR count). The highest BCUT2D eigenvalue weighted by Gasteiger charge is 2.12. The van der Waals surface area contributed by atoms with Crippen LogP contribution in [0.5, 0.6) is 11.5 Å². The molecule has 0 bridgehead atoms. The Morgan fingerprint density at radius 1 is 1.12 bits per heavy atom. The standard InChI is InChI=1S/C17H14N4O3S/c1-22-13-7-6-11(8-14(13)23-2)9-15-20-21-17(24-15)25-16-5-3-4-12(10-18)19-16/h3-8H,9H2,1-2H3. The third-order valence-corrected chi connectivity index (χ3v) is 4.06. The Labute approximate surface area is 148 Å². The molecule has 7 nitrogen and oxygen atoms in total. The second-order valence-corrected chi connectivity index (χ2v) is 5.87. The highest BCUT2D eigenvalue weighted by atomic mass is 32.2. The van der Waals surface area contributed by atoms with E-state index in [4.69, 9.17) is 19.2 Å². The molecule has 0 aliphatic rings. The molecule has 1 aromatic carbocycles. The van der Waals surface area contributed by atoms with E-state index in [0.717, 1.165) is 5.56 Å². The molecule has 0 saturated carbocycles. The van der Waals surface area contributed by atoms with Crippen molar-refractivity contribution in [1.82, 2.24) is 15.2 Å². The van der Waals surface area contributed by atoms with Crippen molar-refractivity contribution in [2.24, 2.45) is 0 Å². The van der Waals surface area contributed by atoms with Gasteiger partial charge < -0.3 is 13.9 Å². The lowest BCUT2D eigenvalue weighted by molar-refractivity contribution is 0.354. The van der Waals surface area contributed by atoms with E-state index in [2.05, 4.69) is 15.2 Å². The predicted octanol–water partition coefficient (Wildman–Crippen LogP) is 3.10. The number of nitrogens with zero attached hydrogens (tertiary/aromatic N) is 4. The molecule has 0 aliphatic carbocycles. The summed E-state index contributed by atoms with van der Waals surface area (Å²) in [5.41, 5.74) is 1.30. The first-order valence-electron chi connectivity index (χ1n) is 7.30. The largest absolute Gasteiger partial charge is 0.493 e. The van der Waals surface area contributed by atoms with Crippen molar-refractivity contribution in [2.75, 3.05) is 14.2 Å². The summed E-state index contributed by atoms with van der Waals surface area (Å²) in [6.07, 6.45) is 0.472. The molecule has 0 aliphatic heterocycles. The van der Waals surface area contributed by atoms with Gasteiger partial charge in [-0.05, 0) is 41.6 Å². The smallest absolute Gasteiger partial charge is 0.282 e. The van der Waals surface area contributed by atoms with Crippen LogP contribution in [-0.4, -0.2) is 29.4 Å². The van der Waals surface area contributed by atoms with Crippen LogP contribution in [-0.2, 0) is 6.42 Å². The van der Waals surface area contributed by atoms with Crippen LogP contribution in [0.15, 0.2) is 51.1 Å². The zero-order valence-electron chi connectivity index (χ0n) is 13.6. The van der Waals surface area contributed by atoms with Crippen molar-refractivity contribution in [2.45, 2.75) is 16.7 Å². The van der Waals surface area contributed by atoms with Crippen LogP contribution in [0.3, 0.4) is 0 Å². The van der Waals surface area contributed by atoms with E-state index in [1.807, 2.05) is 24.3 Å². The second-order valence-electron chi connectivity index (χ2n) is 4.90. The topological polar surface area (TPSA) is 94.1 Å². The highest BCUT2D eigenvalue weighted by molar-refractivity contribution is 7.99. The number of ether oxygens (including phenoxy) is 2.